The van der Waals surface area contributed by atoms with Crippen LogP contribution in [0.4, 0.5) is 17.6 Å². The molecule has 4 aliphatic carbocycles. The molecule has 0 fully saturated rings. The van der Waals surface area contributed by atoms with Crippen molar-refractivity contribution in [1.82, 2.24) is 0 Å². The van der Waals surface area contributed by atoms with Gasteiger partial charge in [0.05, 0.1) is 68.3 Å². The number of fused-ring (bicyclic) bond motifs is 4. The molecule has 4 atom stereocenters. The summed E-state index contributed by atoms with van der Waals surface area (Å²) in [5.41, 5.74) is 21.8. The second-order valence-electron chi connectivity index (χ2n) is 46.1. The summed E-state index contributed by atoms with van der Waals surface area (Å²) in [5, 5.41) is 18.9. The number of hydrogen-bond donors (Lipinski definition) is 2. The second kappa shape index (κ2) is 48.7. The third-order valence-corrected chi connectivity index (χ3v) is 29.3. The van der Waals surface area contributed by atoms with E-state index in [4.69, 9.17) is 47.4 Å². The maximum absolute atomic E-state index is 14.8. The molecular formula is C130H160F4O16. The van der Waals surface area contributed by atoms with E-state index < -0.39 is 11.9 Å². The first-order valence-corrected chi connectivity index (χ1v) is 50.1. The summed E-state index contributed by atoms with van der Waals surface area (Å²) < 4.78 is 115. The first-order chi connectivity index (χ1) is 68.6. The van der Waals surface area contributed by atoms with E-state index in [9.17, 15) is 47.0 Å². The lowest BCUT2D eigenvalue weighted by atomic mass is 9.78. The number of esters is 2. The number of carbonyl (C=O) groups excluding carboxylic acids is 2. The van der Waals surface area contributed by atoms with Gasteiger partial charge in [-0.25, -0.2) is 17.6 Å². The Labute approximate surface area is 889 Å². The summed E-state index contributed by atoms with van der Waals surface area (Å²) in [5.74, 6) is 2.44. The largest absolute Gasteiger partial charge is 0.497 e. The van der Waals surface area contributed by atoms with Crippen LogP contribution in [0, 0.1) is 44.9 Å². The normalized spacial score (nSPS) is 15.9. The number of benzene rings is 12. The van der Waals surface area contributed by atoms with Crippen LogP contribution in [0.3, 0.4) is 0 Å². The Morgan fingerprint density at radius 1 is 0.267 bits per heavy atom. The second-order valence-corrected chi connectivity index (χ2v) is 46.1. The minimum Gasteiger partial charge on any atom is -0.497 e. The predicted octanol–water partition coefficient (Wildman–Crippen LogP) is 32.8. The highest BCUT2D eigenvalue weighted by atomic mass is 19.1. The fourth-order valence-corrected chi connectivity index (χ4v) is 21.3. The summed E-state index contributed by atoms with van der Waals surface area (Å²) in [6.07, 6.45) is 4.49. The molecule has 16 rings (SSSR count). The molecule has 20 heteroatoms. The van der Waals surface area contributed by atoms with E-state index in [0.29, 0.717) is 84.5 Å². The molecule has 0 spiro atoms. The smallest absolute Gasteiger partial charge is 0.306 e. The third-order valence-electron chi connectivity index (χ3n) is 29.3. The molecule has 804 valence electrons. The summed E-state index contributed by atoms with van der Waals surface area (Å²) in [6.45, 7) is 44.2. The van der Waals surface area contributed by atoms with Gasteiger partial charge in [0.15, 0.2) is 0 Å². The number of carbonyl (C=O) groups is 4. The van der Waals surface area contributed by atoms with E-state index in [2.05, 4.69) is 199 Å². The maximum atomic E-state index is 14.8. The maximum Gasteiger partial charge on any atom is 0.306 e. The van der Waals surface area contributed by atoms with Gasteiger partial charge in [-0.1, -0.05) is 265 Å². The van der Waals surface area contributed by atoms with Gasteiger partial charge in [-0.3, -0.25) is 19.2 Å². The van der Waals surface area contributed by atoms with Crippen molar-refractivity contribution < 1.29 is 94.3 Å². The van der Waals surface area contributed by atoms with Crippen molar-refractivity contribution in [3.63, 3.8) is 0 Å². The molecule has 0 saturated carbocycles. The summed E-state index contributed by atoms with van der Waals surface area (Å²) >= 11 is 0. The Kier molecular flexibility index (Phi) is 39.0. The number of hydrogen-bond acceptors (Lipinski definition) is 14. The van der Waals surface area contributed by atoms with E-state index in [1.165, 1.54) is 60.7 Å². The minimum absolute atomic E-state index is 0. The van der Waals surface area contributed by atoms with E-state index in [-0.39, 0.29) is 145 Å². The molecule has 12 aromatic carbocycles. The summed E-state index contributed by atoms with van der Waals surface area (Å²) in [4.78, 5) is 47.1. The van der Waals surface area contributed by atoms with E-state index in [0.717, 1.165) is 138 Å². The fraction of sp³-hybridized carbons (Fsp3) is 0.415. The molecule has 0 aliphatic heterocycles. The highest BCUT2D eigenvalue weighted by Gasteiger charge is 2.45. The Bertz CT molecular complexity index is 6390. The average Bonchev–Trinajstić information content (AvgIpc) is 1.58. The first-order valence-electron chi connectivity index (χ1n) is 50.1. The van der Waals surface area contributed by atoms with Gasteiger partial charge in [-0.2, -0.15) is 0 Å². The lowest BCUT2D eigenvalue weighted by Crippen LogP contribution is -2.21. The molecule has 0 heterocycles. The monoisotopic (exact) mass is 2050 g/mol. The quantitative estimate of drug-likeness (QED) is 0.0346. The van der Waals surface area contributed by atoms with Crippen LogP contribution in [0.25, 0.3) is 44.5 Å². The number of carboxylic acid groups (broad SMARTS) is 2. The molecule has 12 aromatic rings. The van der Waals surface area contributed by atoms with Gasteiger partial charge in [0.1, 0.15) is 95.7 Å². The number of aliphatic carboxylic acids is 2. The van der Waals surface area contributed by atoms with Gasteiger partial charge in [-0.15, -0.1) is 0 Å². The molecular weight excluding hydrogens is 1890 g/mol. The number of halogens is 4. The number of ether oxygens (including phenoxy) is 10. The van der Waals surface area contributed by atoms with Crippen molar-refractivity contribution in [1.29, 1.82) is 0 Å². The summed E-state index contributed by atoms with van der Waals surface area (Å²) in [7, 11) is 9.19. The zero-order chi connectivity index (χ0) is 106. The molecule has 16 nitrogen and oxygen atoms in total. The van der Waals surface area contributed by atoms with Crippen LogP contribution in [0.15, 0.2) is 218 Å². The van der Waals surface area contributed by atoms with Crippen molar-refractivity contribution in [3.8, 4) is 90.5 Å². The van der Waals surface area contributed by atoms with Crippen molar-refractivity contribution in [3.05, 3.63) is 331 Å². The standard InChI is InChI=1S/2C32H37FO4.2C31H35FO4.4CH4/c2*1-31(2,3)27-14-20(8-12-24(27)26-15-22(35-6)11-13-29(26)33)19-37-23-10-9-21-18-32(4,5)28(25(21)16-23)17-30(34)36-7;2*1-30(2,3)26-13-19(7-11-23(26)25-14-21(35-6)10-12-28(25)32)18-36-22-9-8-20-17-31(4,5)27(16-29(33)34)24(20)15-22;;;;/h2*8-16,28H,17-19H2,1-7H3;2*7-15,27H,16-18H2,1-6H3,(H,33,34);4*1H4/t2*28-;2*27-;;;;/m1010..../s1. The third kappa shape index (κ3) is 28.5. The Balaban J connectivity index is 0.000000220. The lowest BCUT2D eigenvalue weighted by Gasteiger charge is -2.26. The van der Waals surface area contributed by atoms with E-state index in [1.54, 1.807) is 77.0 Å². The van der Waals surface area contributed by atoms with Crippen molar-refractivity contribution in [2.24, 2.45) is 21.7 Å². The molecule has 0 bridgehead atoms. The van der Waals surface area contributed by atoms with Crippen LogP contribution >= 0.6 is 0 Å². The van der Waals surface area contributed by atoms with Crippen LogP contribution in [-0.2, 0) is 102 Å². The Morgan fingerprint density at radius 3 is 0.640 bits per heavy atom. The van der Waals surface area contributed by atoms with Crippen LogP contribution in [0.1, 0.15) is 307 Å². The SMILES string of the molecule is C.C.C.C.COC(=O)C[C@@H]1c2cc(OCc3ccc(-c4cc(OC)ccc4F)c(C(C)(C)C)c3)ccc2CC1(C)C.COC(=O)C[C@H]1c2cc(OCc3ccc(-c4cc(OC)ccc4F)c(C(C)(C)C)c3)ccc2CC1(C)C.COc1ccc(F)c(-c2ccc(COc3ccc4c(c3)[C@@H](CC(=O)O)C(C)(C)C4)cc2C(C)(C)C)c1.COc1ccc(F)c(-c2ccc(COc3ccc4c(c3)[C@H](CC(=O)O)C(C)(C)C4)cc2C(C)(C)C)c1. The zero-order valence-corrected chi connectivity index (χ0v) is 89.7. The van der Waals surface area contributed by atoms with Crippen molar-refractivity contribution in [2.75, 3.05) is 42.7 Å². The Morgan fingerprint density at radius 2 is 0.460 bits per heavy atom. The van der Waals surface area contributed by atoms with Gasteiger partial charge < -0.3 is 57.6 Å². The molecule has 0 unspecified atom stereocenters. The van der Waals surface area contributed by atoms with Crippen LogP contribution in [-0.4, -0.2) is 76.7 Å². The highest BCUT2D eigenvalue weighted by molar-refractivity contribution is 5.77. The van der Waals surface area contributed by atoms with Gasteiger partial charge in [0, 0.05) is 45.9 Å². The zero-order valence-electron chi connectivity index (χ0n) is 89.7. The average molecular weight is 2050 g/mol. The molecule has 0 amide bonds. The number of rotatable bonds is 28. The summed E-state index contributed by atoms with van der Waals surface area (Å²) in [6, 6.07) is 67.7. The molecule has 0 saturated heterocycles. The fourth-order valence-electron chi connectivity index (χ4n) is 21.3. The first kappa shape index (κ1) is 120. The Hall–Kier alpha value is -13.4. The van der Waals surface area contributed by atoms with Crippen molar-refractivity contribution >= 4 is 23.9 Å². The number of methoxy groups -OCH3 is 6. The highest BCUT2D eigenvalue weighted by Crippen LogP contribution is 2.55. The predicted molar refractivity (Wildman–Crippen MR) is 597 cm³/mol. The minimum atomic E-state index is -0.783. The van der Waals surface area contributed by atoms with Gasteiger partial charge in [-0.05, 0) is 302 Å². The molecule has 4 aliphatic rings. The molecule has 0 radical (unpaired) electrons. The number of carboxylic acids is 2. The van der Waals surface area contributed by atoms with Gasteiger partial charge in [0.25, 0.3) is 0 Å². The van der Waals surface area contributed by atoms with Gasteiger partial charge >= 0.3 is 23.9 Å². The topological polar surface area (TPSA) is 201 Å². The van der Waals surface area contributed by atoms with Crippen LogP contribution < -0.4 is 37.9 Å². The van der Waals surface area contributed by atoms with Gasteiger partial charge in [0.2, 0.25) is 0 Å². The molecule has 150 heavy (non-hydrogen) atoms. The van der Waals surface area contributed by atoms with E-state index >= 15 is 0 Å². The molecule has 0 aromatic heterocycles. The molecule has 2 N–H and O–H groups in total. The van der Waals surface area contributed by atoms with Crippen LogP contribution in [0.5, 0.6) is 46.0 Å². The lowest BCUT2D eigenvalue weighted by molar-refractivity contribution is -0.142. The van der Waals surface area contributed by atoms with E-state index in [1.807, 2.05) is 84.9 Å². The van der Waals surface area contributed by atoms with Crippen LogP contribution in [0.2, 0.25) is 0 Å². The van der Waals surface area contributed by atoms with Crippen molar-refractivity contribution in [2.45, 2.75) is 291 Å².